The number of anilines is 1. The number of benzene rings is 1. The molecule has 0 aliphatic carbocycles. The number of nitrogens with zero attached hydrogens (tertiary/aromatic N) is 5. The first-order chi connectivity index (χ1) is 15.9. The zero-order chi connectivity index (χ0) is 23.4. The number of para-hydroxylation sites is 2. The van der Waals surface area contributed by atoms with Crippen LogP contribution in [0.5, 0.6) is 5.75 Å². The summed E-state index contributed by atoms with van der Waals surface area (Å²) in [6.07, 6.45) is -3.10. The minimum absolute atomic E-state index is 0.107. The summed E-state index contributed by atoms with van der Waals surface area (Å²) in [5.41, 5.74) is 1.04. The Labute approximate surface area is 189 Å². The number of alkyl halides is 3. The van der Waals surface area contributed by atoms with Crippen molar-refractivity contribution in [2.45, 2.75) is 19.6 Å². The minimum Gasteiger partial charge on any atom is -0.492 e. The Bertz CT molecular complexity index is 1110. The van der Waals surface area contributed by atoms with Crippen LogP contribution < -0.4 is 10.1 Å². The summed E-state index contributed by atoms with van der Waals surface area (Å²) in [6.45, 7) is 4.92. The third-order valence-electron chi connectivity index (χ3n) is 5.49. The molecule has 1 fully saturated rings. The van der Waals surface area contributed by atoms with E-state index in [0.717, 1.165) is 4.57 Å². The molecule has 0 saturated carbocycles. The Morgan fingerprint density at radius 1 is 1.09 bits per heavy atom. The topological polar surface area (TPSA) is 75.5 Å². The van der Waals surface area contributed by atoms with E-state index >= 15 is 0 Å². The van der Waals surface area contributed by atoms with Gasteiger partial charge in [0.1, 0.15) is 11.3 Å². The van der Waals surface area contributed by atoms with E-state index in [1.54, 1.807) is 23.1 Å². The number of amides is 2. The first-order valence-electron chi connectivity index (χ1n) is 10.8. The lowest BCUT2D eigenvalue weighted by molar-refractivity contribution is -0.147. The van der Waals surface area contributed by atoms with E-state index in [1.165, 1.54) is 12.3 Å². The predicted molar refractivity (Wildman–Crippen MR) is 117 cm³/mol. The van der Waals surface area contributed by atoms with Crippen molar-refractivity contribution in [1.29, 1.82) is 0 Å². The van der Waals surface area contributed by atoms with Gasteiger partial charge >= 0.3 is 12.2 Å². The van der Waals surface area contributed by atoms with Crippen LogP contribution in [0.1, 0.15) is 12.7 Å². The second-order valence-electron chi connectivity index (χ2n) is 7.62. The molecule has 0 spiro atoms. The largest absolute Gasteiger partial charge is 0.492 e. The van der Waals surface area contributed by atoms with Crippen molar-refractivity contribution in [3.63, 3.8) is 0 Å². The SMILES string of the molecule is CCOc1ccccc1NC(=O)N1CCN(CCn2c(C(F)(F)F)nc3cccnc32)CC1. The lowest BCUT2D eigenvalue weighted by Gasteiger charge is -2.34. The van der Waals surface area contributed by atoms with Crippen molar-refractivity contribution in [3.8, 4) is 5.75 Å². The summed E-state index contributed by atoms with van der Waals surface area (Å²) < 4.78 is 47.1. The van der Waals surface area contributed by atoms with E-state index in [2.05, 4.69) is 15.3 Å². The highest BCUT2D eigenvalue weighted by Crippen LogP contribution is 2.31. The number of hydrogen-bond acceptors (Lipinski definition) is 5. The summed E-state index contributed by atoms with van der Waals surface area (Å²) in [5, 5.41) is 2.88. The molecule has 1 saturated heterocycles. The normalized spacial score (nSPS) is 15.1. The Balaban J connectivity index is 1.35. The van der Waals surface area contributed by atoms with Gasteiger partial charge in [-0.15, -0.1) is 0 Å². The first kappa shape index (κ1) is 22.8. The number of hydrogen-bond donors (Lipinski definition) is 1. The quantitative estimate of drug-likeness (QED) is 0.605. The van der Waals surface area contributed by atoms with Crippen molar-refractivity contribution in [2.75, 3.05) is 44.6 Å². The van der Waals surface area contributed by atoms with E-state index in [4.69, 9.17) is 4.74 Å². The lowest BCUT2D eigenvalue weighted by Crippen LogP contribution is -2.50. The molecule has 1 aliphatic rings. The van der Waals surface area contributed by atoms with E-state index in [1.807, 2.05) is 24.0 Å². The number of fused-ring (bicyclic) bond motifs is 1. The number of carbonyl (C=O) groups excluding carboxylic acids is 1. The van der Waals surface area contributed by atoms with Gasteiger partial charge in [0.2, 0.25) is 5.82 Å². The fourth-order valence-electron chi connectivity index (χ4n) is 3.85. The van der Waals surface area contributed by atoms with Crippen molar-refractivity contribution >= 4 is 22.9 Å². The number of nitrogens with one attached hydrogen (secondary N) is 1. The molecule has 4 rings (SSSR count). The van der Waals surface area contributed by atoms with Gasteiger partial charge in [-0.2, -0.15) is 13.2 Å². The van der Waals surface area contributed by atoms with Crippen molar-refractivity contribution in [2.24, 2.45) is 0 Å². The van der Waals surface area contributed by atoms with Gasteiger partial charge in [-0.1, -0.05) is 12.1 Å². The number of carbonyl (C=O) groups is 1. The van der Waals surface area contributed by atoms with Crippen LogP contribution in [0.2, 0.25) is 0 Å². The number of piperazine rings is 1. The van der Waals surface area contributed by atoms with Gasteiger partial charge in [0, 0.05) is 45.5 Å². The van der Waals surface area contributed by atoms with Gasteiger partial charge in [-0.25, -0.2) is 14.8 Å². The number of ether oxygens (including phenoxy) is 1. The number of pyridine rings is 1. The van der Waals surface area contributed by atoms with E-state index in [9.17, 15) is 18.0 Å². The van der Waals surface area contributed by atoms with Crippen LogP contribution in [-0.4, -0.2) is 69.7 Å². The second kappa shape index (κ2) is 9.65. The zero-order valence-electron chi connectivity index (χ0n) is 18.2. The molecule has 2 aromatic heterocycles. The minimum atomic E-state index is -4.56. The van der Waals surface area contributed by atoms with Crippen molar-refractivity contribution in [3.05, 3.63) is 48.4 Å². The van der Waals surface area contributed by atoms with E-state index < -0.39 is 12.0 Å². The Morgan fingerprint density at radius 2 is 1.85 bits per heavy atom. The summed E-state index contributed by atoms with van der Waals surface area (Å²) in [5.74, 6) is -0.337. The van der Waals surface area contributed by atoms with Crippen LogP contribution in [0.4, 0.5) is 23.7 Å². The summed E-state index contributed by atoms with van der Waals surface area (Å²) in [6, 6.07) is 10.1. The highest BCUT2D eigenvalue weighted by Gasteiger charge is 2.38. The van der Waals surface area contributed by atoms with Gasteiger partial charge in [-0.05, 0) is 31.2 Å². The molecule has 1 aliphatic heterocycles. The summed E-state index contributed by atoms with van der Waals surface area (Å²) in [4.78, 5) is 24.2. The number of halogens is 3. The fourth-order valence-corrected chi connectivity index (χ4v) is 3.85. The number of imidazole rings is 1. The molecular formula is C22H25F3N6O2. The van der Waals surface area contributed by atoms with Crippen LogP contribution in [0, 0.1) is 0 Å². The molecule has 1 aromatic carbocycles. The molecule has 0 bridgehead atoms. The van der Waals surface area contributed by atoms with Crippen LogP contribution in [0.25, 0.3) is 11.2 Å². The van der Waals surface area contributed by atoms with Gasteiger partial charge < -0.3 is 19.5 Å². The van der Waals surface area contributed by atoms with Gasteiger partial charge in [0.05, 0.1) is 12.3 Å². The predicted octanol–water partition coefficient (Wildman–Crippen LogP) is 3.70. The maximum atomic E-state index is 13.5. The molecule has 1 N–H and O–H groups in total. The molecule has 3 aromatic rings. The fraction of sp³-hybridized carbons (Fsp3) is 0.409. The molecule has 3 heterocycles. The molecule has 0 radical (unpaired) electrons. The molecule has 0 unspecified atom stereocenters. The molecule has 33 heavy (non-hydrogen) atoms. The van der Waals surface area contributed by atoms with Gasteiger partial charge in [0.15, 0.2) is 5.65 Å². The first-order valence-corrected chi connectivity index (χ1v) is 10.8. The highest BCUT2D eigenvalue weighted by molar-refractivity contribution is 5.91. The third kappa shape index (κ3) is 5.19. The average molecular weight is 462 g/mol. The van der Waals surface area contributed by atoms with Crippen molar-refractivity contribution in [1.82, 2.24) is 24.3 Å². The molecule has 8 nitrogen and oxygen atoms in total. The van der Waals surface area contributed by atoms with Crippen LogP contribution in [0.3, 0.4) is 0 Å². The monoisotopic (exact) mass is 462 g/mol. The van der Waals surface area contributed by atoms with Crippen LogP contribution >= 0.6 is 0 Å². The highest BCUT2D eigenvalue weighted by atomic mass is 19.4. The van der Waals surface area contributed by atoms with Crippen LogP contribution in [0.15, 0.2) is 42.6 Å². The summed E-state index contributed by atoms with van der Waals surface area (Å²) >= 11 is 0. The second-order valence-corrected chi connectivity index (χ2v) is 7.62. The molecular weight excluding hydrogens is 437 g/mol. The maximum absolute atomic E-state index is 13.5. The lowest BCUT2D eigenvalue weighted by atomic mass is 10.3. The standard InChI is InChI=1S/C22H25F3N6O2/c1-2-33-18-8-4-3-6-16(18)28-21(32)30-13-10-29(11-14-30)12-15-31-19-17(7-5-9-26-19)27-20(31)22(23,24)25/h3-9H,2,10-15H2,1H3,(H,28,32). The summed E-state index contributed by atoms with van der Waals surface area (Å²) in [7, 11) is 0. The number of aromatic nitrogens is 3. The Kier molecular flexibility index (Phi) is 6.68. The van der Waals surface area contributed by atoms with E-state index in [0.29, 0.717) is 50.8 Å². The molecule has 2 amide bonds. The molecule has 0 atom stereocenters. The van der Waals surface area contributed by atoms with Crippen LogP contribution in [-0.2, 0) is 12.7 Å². The number of urea groups is 1. The Hall–Kier alpha value is -3.34. The smallest absolute Gasteiger partial charge is 0.449 e. The zero-order valence-corrected chi connectivity index (χ0v) is 18.2. The average Bonchev–Trinajstić information content (AvgIpc) is 3.19. The van der Waals surface area contributed by atoms with E-state index in [-0.39, 0.29) is 23.7 Å². The van der Waals surface area contributed by atoms with Gasteiger partial charge in [0.25, 0.3) is 0 Å². The van der Waals surface area contributed by atoms with Gasteiger partial charge in [-0.3, -0.25) is 4.90 Å². The van der Waals surface area contributed by atoms with Crippen molar-refractivity contribution < 1.29 is 22.7 Å². The maximum Gasteiger partial charge on any atom is 0.449 e. The molecule has 11 heteroatoms. The number of rotatable bonds is 6. The molecule has 176 valence electrons. The Morgan fingerprint density at radius 3 is 2.58 bits per heavy atom. The third-order valence-corrected chi connectivity index (χ3v) is 5.49.